The van der Waals surface area contributed by atoms with Crippen LogP contribution in [-0.4, -0.2) is 28.1 Å². The minimum atomic E-state index is -0.0101. The zero-order chi connectivity index (χ0) is 13.9. The number of anilines is 1. The number of pyridine rings is 1. The van der Waals surface area contributed by atoms with Gasteiger partial charge in [0.2, 0.25) is 0 Å². The molecule has 3 heterocycles. The molecule has 0 aromatic carbocycles. The third-order valence-corrected chi connectivity index (χ3v) is 4.33. The minimum absolute atomic E-state index is 0.0101. The van der Waals surface area contributed by atoms with Crippen LogP contribution < -0.4 is 4.90 Å². The van der Waals surface area contributed by atoms with Crippen molar-refractivity contribution in [2.24, 2.45) is 0 Å². The first kappa shape index (κ1) is 13.1. The summed E-state index contributed by atoms with van der Waals surface area (Å²) in [5.74, 6) is 0.857. The van der Waals surface area contributed by atoms with Gasteiger partial charge in [-0.2, -0.15) is 0 Å². The standard InChI is InChI=1S/C15H17N3OS/c1-17(9-7-12-5-4-10-20-12)15-13(11-19)18-8-3-2-6-14(18)16-15/h2-6,8,10,19H,7,9,11H2,1H3. The third kappa shape index (κ3) is 2.42. The monoisotopic (exact) mass is 287 g/mol. The van der Waals surface area contributed by atoms with Gasteiger partial charge in [-0.15, -0.1) is 11.3 Å². The van der Waals surface area contributed by atoms with Gasteiger partial charge in [-0.05, 0) is 30.0 Å². The number of rotatable bonds is 5. The van der Waals surface area contributed by atoms with Crippen molar-refractivity contribution in [3.05, 3.63) is 52.5 Å². The van der Waals surface area contributed by atoms with E-state index in [0.717, 1.165) is 30.1 Å². The van der Waals surface area contributed by atoms with Crippen LogP contribution in [0.1, 0.15) is 10.6 Å². The van der Waals surface area contributed by atoms with Crippen LogP contribution in [0.25, 0.3) is 5.65 Å². The van der Waals surface area contributed by atoms with Gasteiger partial charge in [0.15, 0.2) is 5.82 Å². The molecule has 3 aromatic heterocycles. The van der Waals surface area contributed by atoms with E-state index in [0.29, 0.717) is 0 Å². The maximum Gasteiger partial charge on any atom is 0.153 e. The van der Waals surface area contributed by atoms with Crippen molar-refractivity contribution in [3.8, 4) is 0 Å². The normalized spacial score (nSPS) is 11.1. The molecule has 3 aromatic rings. The van der Waals surface area contributed by atoms with Crippen molar-refractivity contribution in [2.75, 3.05) is 18.5 Å². The molecule has 0 atom stereocenters. The number of thiophene rings is 1. The molecule has 1 N–H and O–H groups in total. The Morgan fingerprint density at radius 1 is 1.30 bits per heavy atom. The summed E-state index contributed by atoms with van der Waals surface area (Å²) in [6, 6.07) is 10.1. The van der Waals surface area contributed by atoms with Crippen LogP contribution in [0.2, 0.25) is 0 Å². The lowest BCUT2D eigenvalue weighted by Gasteiger charge is -2.17. The van der Waals surface area contributed by atoms with E-state index >= 15 is 0 Å². The molecule has 0 amide bonds. The zero-order valence-corrected chi connectivity index (χ0v) is 12.2. The average molecular weight is 287 g/mol. The fourth-order valence-corrected chi connectivity index (χ4v) is 3.02. The van der Waals surface area contributed by atoms with Crippen molar-refractivity contribution in [1.82, 2.24) is 9.38 Å². The number of fused-ring (bicyclic) bond motifs is 1. The zero-order valence-electron chi connectivity index (χ0n) is 11.4. The Bertz CT molecular complexity index is 690. The second kappa shape index (κ2) is 5.64. The Hall–Kier alpha value is -1.85. The number of aromatic nitrogens is 2. The van der Waals surface area contributed by atoms with Gasteiger partial charge in [-0.1, -0.05) is 12.1 Å². The van der Waals surface area contributed by atoms with E-state index in [1.165, 1.54) is 4.88 Å². The molecular weight excluding hydrogens is 270 g/mol. The number of aliphatic hydroxyl groups excluding tert-OH is 1. The number of likely N-dealkylation sites (N-methyl/N-ethyl adjacent to an activating group) is 1. The molecule has 0 unspecified atom stereocenters. The van der Waals surface area contributed by atoms with Gasteiger partial charge in [0.1, 0.15) is 5.65 Å². The van der Waals surface area contributed by atoms with E-state index in [9.17, 15) is 5.11 Å². The topological polar surface area (TPSA) is 40.8 Å². The summed E-state index contributed by atoms with van der Waals surface area (Å²) >= 11 is 1.77. The number of imidazole rings is 1. The van der Waals surface area contributed by atoms with E-state index in [1.807, 2.05) is 35.8 Å². The number of nitrogens with zero attached hydrogens (tertiary/aromatic N) is 3. The quantitative estimate of drug-likeness (QED) is 0.784. The van der Waals surface area contributed by atoms with Crippen LogP contribution in [0, 0.1) is 0 Å². The van der Waals surface area contributed by atoms with Crippen molar-refractivity contribution in [3.63, 3.8) is 0 Å². The summed E-state index contributed by atoms with van der Waals surface area (Å²) in [6.07, 6.45) is 2.93. The molecule has 0 radical (unpaired) electrons. The molecule has 0 fully saturated rings. The minimum Gasteiger partial charge on any atom is -0.390 e. The number of hydrogen-bond acceptors (Lipinski definition) is 4. The highest BCUT2D eigenvalue weighted by molar-refractivity contribution is 7.09. The summed E-state index contributed by atoms with van der Waals surface area (Å²) < 4.78 is 1.94. The molecule has 20 heavy (non-hydrogen) atoms. The van der Waals surface area contributed by atoms with Gasteiger partial charge in [0.05, 0.1) is 12.3 Å². The summed E-state index contributed by atoms with van der Waals surface area (Å²) in [5.41, 5.74) is 1.71. The largest absolute Gasteiger partial charge is 0.390 e. The van der Waals surface area contributed by atoms with E-state index in [2.05, 4.69) is 27.4 Å². The maximum atomic E-state index is 9.62. The van der Waals surface area contributed by atoms with Gasteiger partial charge < -0.3 is 10.0 Å². The predicted molar refractivity (Wildman–Crippen MR) is 82.4 cm³/mol. The van der Waals surface area contributed by atoms with Crippen LogP contribution in [0.5, 0.6) is 0 Å². The van der Waals surface area contributed by atoms with Gasteiger partial charge in [0, 0.05) is 24.7 Å². The highest BCUT2D eigenvalue weighted by atomic mass is 32.1. The molecule has 4 nitrogen and oxygen atoms in total. The lowest BCUT2D eigenvalue weighted by Crippen LogP contribution is -2.21. The first-order chi connectivity index (χ1) is 9.79. The van der Waals surface area contributed by atoms with Crippen molar-refractivity contribution in [2.45, 2.75) is 13.0 Å². The fraction of sp³-hybridized carbons (Fsp3) is 0.267. The highest BCUT2D eigenvalue weighted by Crippen LogP contribution is 2.21. The Morgan fingerprint density at radius 3 is 2.95 bits per heavy atom. The van der Waals surface area contributed by atoms with Crippen LogP contribution in [0.4, 0.5) is 5.82 Å². The molecule has 5 heteroatoms. The Morgan fingerprint density at radius 2 is 2.20 bits per heavy atom. The molecule has 0 aliphatic heterocycles. The Labute approximate surface area is 121 Å². The predicted octanol–water partition coefficient (Wildman–Crippen LogP) is 2.57. The molecule has 104 valence electrons. The SMILES string of the molecule is CN(CCc1cccs1)c1nc2ccccn2c1CO. The van der Waals surface area contributed by atoms with Crippen molar-refractivity contribution >= 4 is 22.8 Å². The van der Waals surface area contributed by atoms with Crippen LogP contribution in [0.15, 0.2) is 41.9 Å². The first-order valence-electron chi connectivity index (χ1n) is 6.60. The van der Waals surface area contributed by atoms with Crippen LogP contribution >= 0.6 is 11.3 Å². The van der Waals surface area contributed by atoms with E-state index in [4.69, 9.17) is 0 Å². The number of aliphatic hydroxyl groups is 1. The summed E-state index contributed by atoms with van der Waals surface area (Å²) in [6.45, 7) is 0.876. The molecule has 0 aliphatic rings. The average Bonchev–Trinajstić information content (AvgIpc) is 3.11. The summed E-state index contributed by atoms with van der Waals surface area (Å²) in [5, 5.41) is 11.7. The number of hydrogen-bond donors (Lipinski definition) is 1. The molecule has 0 saturated heterocycles. The van der Waals surface area contributed by atoms with Gasteiger partial charge >= 0.3 is 0 Å². The summed E-state index contributed by atoms with van der Waals surface area (Å²) in [7, 11) is 2.02. The fourth-order valence-electron chi connectivity index (χ4n) is 2.33. The molecule has 0 aliphatic carbocycles. The second-order valence-corrected chi connectivity index (χ2v) is 5.75. The van der Waals surface area contributed by atoms with Gasteiger partial charge in [0.25, 0.3) is 0 Å². The molecule has 0 spiro atoms. The smallest absolute Gasteiger partial charge is 0.153 e. The van der Waals surface area contributed by atoms with Crippen LogP contribution in [-0.2, 0) is 13.0 Å². The third-order valence-electron chi connectivity index (χ3n) is 3.39. The lowest BCUT2D eigenvalue weighted by molar-refractivity contribution is 0.276. The van der Waals surface area contributed by atoms with E-state index in [1.54, 1.807) is 11.3 Å². The van der Waals surface area contributed by atoms with E-state index in [-0.39, 0.29) is 6.61 Å². The van der Waals surface area contributed by atoms with Gasteiger partial charge in [-0.25, -0.2) is 4.98 Å². The Balaban J connectivity index is 1.85. The summed E-state index contributed by atoms with van der Waals surface area (Å²) in [4.78, 5) is 8.09. The lowest BCUT2D eigenvalue weighted by atomic mass is 10.3. The van der Waals surface area contributed by atoms with Crippen molar-refractivity contribution < 1.29 is 5.11 Å². The van der Waals surface area contributed by atoms with Gasteiger partial charge in [-0.3, -0.25) is 4.40 Å². The molecular formula is C15H17N3OS. The van der Waals surface area contributed by atoms with Crippen molar-refractivity contribution in [1.29, 1.82) is 0 Å². The molecule has 0 bridgehead atoms. The maximum absolute atomic E-state index is 9.62. The van der Waals surface area contributed by atoms with E-state index < -0.39 is 0 Å². The second-order valence-electron chi connectivity index (χ2n) is 4.72. The first-order valence-corrected chi connectivity index (χ1v) is 7.48. The Kier molecular flexibility index (Phi) is 3.71. The molecule has 0 saturated carbocycles. The van der Waals surface area contributed by atoms with Crippen LogP contribution in [0.3, 0.4) is 0 Å². The highest BCUT2D eigenvalue weighted by Gasteiger charge is 2.14. The molecule has 3 rings (SSSR count).